The van der Waals surface area contributed by atoms with Gasteiger partial charge < -0.3 is 5.32 Å². The predicted octanol–water partition coefficient (Wildman–Crippen LogP) is 3.43. The van der Waals surface area contributed by atoms with E-state index in [4.69, 9.17) is 0 Å². The molecule has 1 aromatic heterocycles. The van der Waals surface area contributed by atoms with Crippen LogP contribution in [0.5, 0.6) is 0 Å². The largest absolute Gasteiger partial charge is 0.380 e. The van der Waals surface area contributed by atoms with E-state index < -0.39 is 0 Å². The minimum atomic E-state index is 0.668. The molecule has 1 saturated carbocycles. The minimum Gasteiger partial charge on any atom is -0.380 e. The number of pyridine rings is 1. The van der Waals surface area contributed by atoms with E-state index in [0.29, 0.717) is 6.04 Å². The molecule has 1 fully saturated rings. The maximum absolute atomic E-state index is 4.14. The zero-order valence-electron chi connectivity index (χ0n) is 8.17. The number of halogens is 1. The molecule has 14 heavy (non-hydrogen) atoms. The van der Waals surface area contributed by atoms with Gasteiger partial charge in [-0.3, -0.25) is 4.98 Å². The number of rotatable bonds is 2. The zero-order valence-corrected chi connectivity index (χ0v) is 10.3. The van der Waals surface area contributed by atoms with Gasteiger partial charge in [0, 0.05) is 15.8 Å². The van der Waals surface area contributed by atoms with E-state index >= 15 is 0 Å². The topological polar surface area (TPSA) is 24.9 Å². The van der Waals surface area contributed by atoms with Crippen LogP contribution in [0.3, 0.4) is 0 Å². The lowest BCUT2D eigenvalue weighted by molar-refractivity contribution is 0.462. The van der Waals surface area contributed by atoms with Crippen molar-refractivity contribution >= 4 is 28.3 Å². The first-order valence-corrected chi connectivity index (χ1v) is 6.30. The quantitative estimate of drug-likeness (QED) is 0.847. The molecule has 0 radical (unpaired) electrons. The van der Waals surface area contributed by atoms with Crippen molar-refractivity contribution in [3.05, 3.63) is 22.0 Å². The van der Waals surface area contributed by atoms with Crippen molar-refractivity contribution in [2.24, 2.45) is 0 Å². The number of hydrogen-bond acceptors (Lipinski definition) is 2. The smallest absolute Gasteiger partial charge is 0.0664 e. The van der Waals surface area contributed by atoms with Crippen LogP contribution in [0.2, 0.25) is 0 Å². The molecule has 1 heterocycles. The molecule has 76 valence electrons. The number of nitrogens with zero attached hydrogens (tertiary/aromatic N) is 1. The van der Waals surface area contributed by atoms with Crippen LogP contribution >= 0.6 is 22.6 Å². The number of aromatic nitrogens is 1. The Morgan fingerprint density at radius 1 is 1.29 bits per heavy atom. The van der Waals surface area contributed by atoms with Gasteiger partial charge in [-0.15, -0.1) is 0 Å². The summed E-state index contributed by atoms with van der Waals surface area (Å²) in [4.78, 5) is 4.14. The van der Waals surface area contributed by atoms with E-state index in [9.17, 15) is 0 Å². The molecule has 0 aliphatic heterocycles. The number of anilines is 1. The fraction of sp³-hybridized carbons (Fsp3) is 0.545. The third-order valence-corrected chi connectivity index (χ3v) is 3.67. The van der Waals surface area contributed by atoms with Crippen LogP contribution in [0.4, 0.5) is 5.69 Å². The molecule has 0 saturated heterocycles. The molecule has 0 atom stereocenters. The summed E-state index contributed by atoms with van der Waals surface area (Å²) in [5.41, 5.74) is 1.19. The summed E-state index contributed by atoms with van der Waals surface area (Å²) in [7, 11) is 0. The minimum absolute atomic E-state index is 0.668. The maximum Gasteiger partial charge on any atom is 0.0664 e. The zero-order chi connectivity index (χ0) is 9.80. The van der Waals surface area contributed by atoms with E-state index in [0.717, 1.165) is 0 Å². The van der Waals surface area contributed by atoms with Crippen LogP contribution in [0.25, 0.3) is 0 Å². The SMILES string of the molecule is Ic1ccncc1NC1CCCCC1. The number of nitrogens with one attached hydrogen (secondary N) is 1. The van der Waals surface area contributed by atoms with Gasteiger partial charge in [-0.1, -0.05) is 19.3 Å². The highest BCUT2D eigenvalue weighted by molar-refractivity contribution is 14.1. The van der Waals surface area contributed by atoms with Crippen molar-refractivity contribution in [3.8, 4) is 0 Å². The van der Waals surface area contributed by atoms with Crippen molar-refractivity contribution in [1.29, 1.82) is 0 Å². The third-order valence-electron chi connectivity index (χ3n) is 2.73. The highest BCUT2D eigenvalue weighted by atomic mass is 127. The molecule has 1 aliphatic carbocycles. The summed E-state index contributed by atoms with van der Waals surface area (Å²) in [5, 5.41) is 3.58. The van der Waals surface area contributed by atoms with Crippen LogP contribution in [0.1, 0.15) is 32.1 Å². The molecule has 0 unspecified atom stereocenters. The Balaban J connectivity index is 1.99. The predicted molar refractivity (Wildman–Crippen MR) is 67.4 cm³/mol. The molecule has 1 aliphatic rings. The molecular weight excluding hydrogens is 287 g/mol. The van der Waals surface area contributed by atoms with Crippen molar-refractivity contribution in [3.63, 3.8) is 0 Å². The highest BCUT2D eigenvalue weighted by Crippen LogP contribution is 2.23. The summed E-state index contributed by atoms with van der Waals surface area (Å²) >= 11 is 2.35. The van der Waals surface area contributed by atoms with E-state index in [-0.39, 0.29) is 0 Å². The van der Waals surface area contributed by atoms with Crippen LogP contribution in [-0.4, -0.2) is 11.0 Å². The van der Waals surface area contributed by atoms with Gasteiger partial charge in [0.15, 0.2) is 0 Å². The van der Waals surface area contributed by atoms with Crippen LogP contribution in [0, 0.1) is 3.57 Å². The van der Waals surface area contributed by atoms with Crippen LogP contribution in [0.15, 0.2) is 18.5 Å². The monoisotopic (exact) mass is 302 g/mol. The van der Waals surface area contributed by atoms with Crippen LogP contribution in [-0.2, 0) is 0 Å². The molecule has 0 amide bonds. The van der Waals surface area contributed by atoms with Crippen molar-refractivity contribution < 1.29 is 0 Å². The van der Waals surface area contributed by atoms with Gasteiger partial charge >= 0.3 is 0 Å². The summed E-state index contributed by atoms with van der Waals surface area (Å²) < 4.78 is 1.27. The first kappa shape index (κ1) is 10.2. The van der Waals surface area contributed by atoms with Gasteiger partial charge in [0.1, 0.15) is 0 Å². The van der Waals surface area contributed by atoms with E-state index in [1.807, 2.05) is 18.5 Å². The van der Waals surface area contributed by atoms with Crippen molar-refractivity contribution in [2.45, 2.75) is 38.1 Å². The van der Waals surface area contributed by atoms with Crippen molar-refractivity contribution in [2.75, 3.05) is 5.32 Å². The average Bonchev–Trinajstić information content (AvgIpc) is 2.23. The molecule has 3 heteroatoms. The van der Waals surface area contributed by atoms with Gasteiger partial charge in [0.05, 0.1) is 11.9 Å². The van der Waals surface area contributed by atoms with Gasteiger partial charge in [-0.2, -0.15) is 0 Å². The molecule has 1 aromatic rings. The van der Waals surface area contributed by atoms with Gasteiger partial charge in [-0.05, 0) is 41.5 Å². The molecule has 0 bridgehead atoms. The molecule has 0 aromatic carbocycles. The Morgan fingerprint density at radius 2 is 2.07 bits per heavy atom. The Bertz CT molecular complexity index is 295. The van der Waals surface area contributed by atoms with Crippen LogP contribution < -0.4 is 5.32 Å². The first-order chi connectivity index (χ1) is 6.86. The normalized spacial score (nSPS) is 18.1. The summed E-state index contributed by atoms with van der Waals surface area (Å²) in [6.07, 6.45) is 10.5. The van der Waals surface area contributed by atoms with E-state index in [2.05, 4.69) is 32.9 Å². The molecule has 0 spiro atoms. The van der Waals surface area contributed by atoms with E-state index in [1.54, 1.807) is 0 Å². The molecular formula is C11H15IN2. The Hall–Kier alpha value is -0.320. The highest BCUT2D eigenvalue weighted by Gasteiger charge is 2.13. The summed E-state index contributed by atoms with van der Waals surface area (Å²) in [5.74, 6) is 0. The third kappa shape index (κ3) is 2.59. The molecule has 2 rings (SSSR count). The Morgan fingerprint density at radius 3 is 2.79 bits per heavy atom. The first-order valence-electron chi connectivity index (χ1n) is 5.22. The second-order valence-corrected chi connectivity index (χ2v) is 5.00. The molecule has 2 nitrogen and oxygen atoms in total. The average molecular weight is 302 g/mol. The fourth-order valence-electron chi connectivity index (χ4n) is 1.95. The lowest BCUT2D eigenvalue weighted by Gasteiger charge is -2.24. The lowest BCUT2D eigenvalue weighted by Crippen LogP contribution is -2.22. The Labute approximate surface area is 98.6 Å². The Kier molecular flexibility index (Phi) is 3.61. The summed E-state index contributed by atoms with van der Waals surface area (Å²) in [6, 6.07) is 2.72. The standard InChI is InChI=1S/C11H15IN2/c12-10-6-7-13-8-11(10)14-9-4-2-1-3-5-9/h6-9,14H,1-5H2. The fourth-order valence-corrected chi connectivity index (χ4v) is 2.41. The second kappa shape index (κ2) is 4.96. The van der Waals surface area contributed by atoms with Gasteiger partial charge in [0.2, 0.25) is 0 Å². The maximum atomic E-state index is 4.14. The van der Waals surface area contributed by atoms with Crippen molar-refractivity contribution in [1.82, 2.24) is 4.98 Å². The summed E-state index contributed by atoms with van der Waals surface area (Å²) in [6.45, 7) is 0. The lowest BCUT2D eigenvalue weighted by atomic mass is 9.95. The van der Waals surface area contributed by atoms with Gasteiger partial charge in [0.25, 0.3) is 0 Å². The molecule has 1 N–H and O–H groups in total. The second-order valence-electron chi connectivity index (χ2n) is 3.83. The van der Waals surface area contributed by atoms with Gasteiger partial charge in [-0.25, -0.2) is 0 Å². The van der Waals surface area contributed by atoms with E-state index in [1.165, 1.54) is 41.4 Å². The number of hydrogen-bond donors (Lipinski definition) is 1.